The summed E-state index contributed by atoms with van der Waals surface area (Å²) in [6.07, 6.45) is 0. The Kier molecular flexibility index (Phi) is 5.24. The van der Waals surface area contributed by atoms with Crippen molar-refractivity contribution in [2.45, 2.75) is 6.92 Å². The van der Waals surface area contributed by atoms with E-state index in [1.54, 1.807) is 0 Å². The Bertz CT molecular complexity index is 653. The molecule has 0 bridgehead atoms. The van der Waals surface area contributed by atoms with Crippen LogP contribution in [0.1, 0.15) is 6.92 Å². The second kappa shape index (κ2) is 7.56. The molecule has 22 heavy (non-hydrogen) atoms. The van der Waals surface area contributed by atoms with Gasteiger partial charge in [-0.15, -0.1) is 0 Å². The normalized spacial score (nSPS) is 10.6. The Morgan fingerprint density at radius 2 is 1.09 bits per heavy atom. The van der Waals surface area contributed by atoms with Gasteiger partial charge in [0, 0.05) is 0 Å². The quantitative estimate of drug-likeness (QED) is 0.507. The van der Waals surface area contributed by atoms with Gasteiger partial charge in [0.15, 0.2) is 0 Å². The Labute approximate surface area is 140 Å². The summed E-state index contributed by atoms with van der Waals surface area (Å²) in [5.41, 5.74) is 0. The number of ether oxygens (including phenoxy) is 1. The third-order valence-corrected chi connectivity index (χ3v) is 12.9. The summed E-state index contributed by atoms with van der Waals surface area (Å²) in [6.45, 7) is 2.73. The predicted molar refractivity (Wildman–Crippen MR) is 95.2 cm³/mol. The van der Waals surface area contributed by atoms with Crippen LogP contribution in [0.3, 0.4) is 0 Å². The van der Waals surface area contributed by atoms with Crippen LogP contribution in [0.2, 0.25) is 0 Å². The first-order valence-corrected chi connectivity index (χ1v) is 12.7. The first kappa shape index (κ1) is 15.2. The Morgan fingerprint density at radius 1 is 0.636 bits per heavy atom. The monoisotopic (exact) mass is 484 g/mol. The molecule has 0 saturated carbocycles. The minimum atomic E-state index is -2.18. The van der Waals surface area contributed by atoms with Gasteiger partial charge in [-0.25, -0.2) is 0 Å². The molecule has 0 atom stereocenters. The number of benzene rings is 3. The average molecular weight is 484 g/mol. The van der Waals surface area contributed by atoms with Crippen molar-refractivity contribution in [3.63, 3.8) is 0 Å². The molecule has 0 amide bonds. The van der Waals surface area contributed by atoms with Crippen LogP contribution >= 0.6 is 0 Å². The molecule has 3 rings (SSSR count). The van der Waals surface area contributed by atoms with Gasteiger partial charge in [-0.2, -0.15) is 0 Å². The molecule has 2 heteroatoms. The summed E-state index contributed by atoms with van der Waals surface area (Å²) in [4.78, 5) is 0. The van der Waals surface area contributed by atoms with Crippen LogP contribution in [0, 0.1) is 0 Å². The zero-order chi connectivity index (χ0) is 15.2. The van der Waals surface area contributed by atoms with Crippen molar-refractivity contribution in [3.05, 3.63) is 84.9 Å². The van der Waals surface area contributed by atoms with E-state index in [2.05, 4.69) is 84.9 Å². The summed E-state index contributed by atoms with van der Waals surface area (Å²) < 4.78 is 10.1. The molecular weight excluding hydrogens is 465 g/mol. The Balaban J connectivity index is 2.02. The molecule has 3 aromatic carbocycles. The third-order valence-electron chi connectivity index (χ3n) is 3.43. The van der Waals surface area contributed by atoms with Crippen LogP contribution in [0.4, 0.5) is 0 Å². The van der Waals surface area contributed by atoms with Gasteiger partial charge in [0.05, 0.1) is 0 Å². The molecule has 3 aromatic rings. The first-order chi connectivity index (χ1) is 10.9. The number of hydrogen-bond donors (Lipinski definition) is 0. The van der Waals surface area contributed by atoms with Crippen molar-refractivity contribution in [2.24, 2.45) is 0 Å². The number of rotatable bonds is 5. The predicted octanol–water partition coefficient (Wildman–Crippen LogP) is 2.60. The molecule has 1 nitrogen and oxygen atoms in total. The van der Waals surface area contributed by atoms with E-state index in [-0.39, 0.29) is 0 Å². The van der Waals surface area contributed by atoms with E-state index in [0.717, 1.165) is 5.75 Å². The molecule has 0 aliphatic rings. The third kappa shape index (κ3) is 3.56. The SMILES string of the molecule is CCOc1cc[c]([Bi]([c]2ccccc2)[c]2ccccc2)cc1. The molecule has 0 aliphatic carbocycles. The fourth-order valence-electron chi connectivity index (χ4n) is 2.46. The molecule has 0 fully saturated rings. The summed E-state index contributed by atoms with van der Waals surface area (Å²) in [5, 5.41) is 0. The van der Waals surface area contributed by atoms with E-state index in [4.69, 9.17) is 4.74 Å². The second-order valence-electron chi connectivity index (χ2n) is 4.93. The van der Waals surface area contributed by atoms with Gasteiger partial charge in [0.2, 0.25) is 0 Å². The zero-order valence-corrected chi connectivity index (χ0v) is 16.1. The van der Waals surface area contributed by atoms with Crippen LogP contribution in [0.5, 0.6) is 5.75 Å². The molecule has 0 aromatic heterocycles. The first-order valence-electron chi connectivity index (χ1n) is 7.51. The topological polar surface area (TPSA) is 9.23 Å². The van der Waals surface area contributed by atoms with Crippen LogP contribution in [-0.4, -0.2) is 28.4 Å². The molecule has 0 N–H and O–H groups in total. The van der Waals surface area contributed by atoms with Crippen molar-refractivity contribution < 1.29 is 4.74 Å². The molecule has 0 aliphatic heterocycles. The minimum absolute atomic E-state index is 0.711. The van der Waals surface area contributed by atoms with E-state index in [0.29, 0.717) is 6.61 Å². The van der Waals surface area contributed by atoms with Crippen molar-refractivity contribution in [2.75, 3.05) is 6.61 Å². The van der Waals surface area contributed by atoms with E-state index in [1.807, 2.05) is 6.92 Å². The van der Waals surface area contributed by atoms with Crippen LogP contribution in [-0.2, 0) is 0 Å². The molecule has 0 unspecified atom stereocenters. The zero-order valence-electron chi connectivity index (χ0n) is 12.6. The van der Waals surface area contributed by atoms with Gasteiger partial charge in [-0.3, -0.25) is 0 Å². The van der Waals surface area contributed by atoms with E-state index < -0.39 is 21.8 Å². The van der Waals surface area contributed by atoms with Crippen molar-refractivity contribution in [3.8, 4) is 5.75 Å². The van der Waals surface area contributed by atoms with Gasteiger partial charge in [-0.05, 0) is 0 Å². The van der Waals surface area contributed by atoms with Crippen LogP contribution in [0.25, 0.3) is 0 Å². The van der Waals surface area contributed by atoms with Gasteiger partial charge in [0.1, 0.15) is 0 Å². The molecule has 0 spiro atoms. The summed E-state index contributed by atoms with van der Waals surface area (Å²) in [6, 6.07) is 30.6. The Morgan fingerprint density at radius 3 is 1.55 bits per heavy atom. The van der Waals surface area contributed by atoms with Crippen molar-refractivity contribution in [1.29, 1.82) is 0 Å². The fraction of sp³-hybridized carbons (Fsp3) is 0.100. The average Bonchev–Trinajstić information content (AvgIpc) is 2.59. The van der Waals surface area contributed by atoms with E-state index >= 15 is 0 Å². The maximum absolute atomic E-state index is 5.57. The number of hydrogen-bond acceptors (Lipinski definition) is 1. The molecular formula is C20H19BiO. The maximum atomic E-state index is 5.57. The van der Waals surface area contributed by atoms with Crippen molar-refractivity contribution >= 4 is 31.6 Å². The van der Waals surface area contributed by atoms with Crippen LogP contribution < -0.4 is 14.6 Å². The van der Waals surface area contributed by atoms with Gasteiger partial charge >= 0.3 is 141 Å². The van der Waals surface area contributed by atoms with Crippen LogP contribution in [0.15, 0.2) is 84.9 Å². The second-order valence-corrected chi connectivity index (χ2v) is 13.6. The fourth-order valence-corrected chi connectivity index (χ4v) is 11.3. The molecule has 110 valence electrons. The molecule has 0 radical (unpaired) electrons. The summed E-state index contributed by atoms with van der Waals surface area (Å²) in [7, 11) is 0. The van der Waals surface area contributed by atoms with E-state index in [9.17, 15) is 0 Å². The summed E-state index contributed by atoms with van der Waals surface area (Å²) in [5.74, 6) is 0.955. The molecule has 0 heterocycles. The Hall–Kier alpha value is -1.66. The summed E-state index contributed by atoms with van der Waals surface area (Å²) >= 11 is -2.18. The van der Waals surface area contributed by atoms with Crippen molar-refractivity contribution in [1.82, 2.24) is 0 Å². The van der Waals surface area contributed by atoms with Gasteiger partial charge in [-0.1, -0.05) is 0 Å². The van der Waals surface area contributed by atoms with Gasteiger partial charge < -0.3 is 0 Å². The standard InChI is InChI=1S/C8H9O.2C6H5.Bi/c1-2-9-8-6-4-3-5-7-8;2*1-2-4-6-5-3-1;/h4-7H,2H2,1H3;2*1-5H;. The van der Waals surface area contributed by atoms with E-state index in [1.165, 1.54) is 9.81 Å². The molecule has 0 saturated heterocycles. The van der Waals surface area contributed by atoms with Gasteiger partial charge in [0.25, 0.3) is 0 Å².